The summed E-state index contributed by atoms with van der Waals surface area (Å²) in [6.45, 7) is 2.38. The number of rotatable bonds is 6. The number of sulfone groups is 1. The lowest BCUT2D eigenvalue weighted by atomic mass is 10.2. The van der Waals surface area contributed by atoms with Crippen LogP contribution in [0.2, 0.25) is 0 Å². The van der Waals surface area contributed by atoms with Crippen molar-refractivity contribution < 1.29 is 13.2 Å². The first-order valence-electron chi connectivity index (χ1n) is 4.43. The first-order valence-corrected chi connectivity index (χ1v) is 6.93. The van der Waals surface area contributed by atoms with E-state index in [2.05, 4.69) is 5.32 Å². The van der Waals surface area contributed by atoms with Crippen molar-refractivity contribution >= 4 is 27.3 Å². The number of carbonyl (C=O) groups excluding carboxylic acids is 1. The number of nitrogens with one attached hydrogen (secondary N) is 1. The SMILES string of the molecule is CCC(Cl)CCNC(=O)CS(C)(=O)=O. The lowest BCUT2D eigenvalue weighted by molar-refractivity contribution is -0.118. The van der Waals surface area contributed by atoms with E-state index in [9.17, 15) is 13.2 Å². The van der Waals surface area contributed by atoms with Crippen molar-refractivity contribution in [2.45, 2.75) is 25.1 Å². The Hall–Kier alpha value is -0.290. The van der Waals surface area contributed by atoms with Crippen LogP contribution in [0.3, 0.4) is 0 Å². The quantitative estimate of drug-likeness (QED) is 0.691. The summed E-state index contributed by atoms with van der Waals surface area (Å²) >= 11 is 5.81. The van der Waals surface area contributed by atoms with Crippen molar-refractivity contribution in [3.05, 3.63) is 0 Å². The maximum absolute atomic E-state index is 11.0. The van der Waals surface area contributed by atoms with Crippen molar-refractivity contribution in [1.82, 2.24) is 5.32 Å². The minimum absolute atomic E-state index is 0.0357. The first-order chi connectivity index (χ1) is 6.35. The Balaban J connectivity index is 3.66. The molecule has 6 heteroatoms. The Bertz CT molecular complexity index is 276. The number of hydrogen-bond donors (Lipinski definition) is 1. The molecule has 0 aliphatic heterocycles. The molecule has 0 bridgehead atoms. The van der Waals surface area contributed by atoms with Crippen molar-refractivity contribution in [3.63, 3.8) is 0 Å². The van der Waals surface area contributed by atoms with Crippen molar-refractivity contribution in [2.75, 3.05) is 18.6 Å². The maximum Gasteiger partial charge on any atom is 0.235 e. The van der Waals surface area contributed by atoms with Crippen molar-refractivity contribution in [3.8, 4) is 0 Å². The number of amides is 1. The molecular formula is C8H16ClNO3S. The third-order valence-electron chi connectivity index (χ3n) is 1.62. The van der Waals surface area contributed by atoms with Crippen molar-refractivity contribution in [2.24, 2.45) is 0 Å². The van der Waals surface area contributed by atoms with Gasteiger partial charge in [0.15, 0.2) is 9.84 Å². The van der Waals surface area contributed by atoms with E-state index in [1.54, 1.807) is 0 Å². The number of hydrogen-bond acceptors (Lipinski definition) is 3. The predicted octanol–water partition coefficient (Wildman–Crippen LogP) is 0.555. The number of carbonyl (C=O) groups is 1. The van der Waals surface area contributed by atoms with Gasteiger partial charge in [0.05, 0.1) is 0 Å². The van der Waals surface area contributed by atoms with Gasteiger partial charge in [0.1, 0.15) is 5.75 Å². The molecule has 0 radical (unpaired) electrons. The Morgan fingerprint density at radius 2 is 2.07 bits per heavy atom. The van der Waals surface area contributed by atoms with Gasteiger partial charge in [-0.05, 0) is 12.8 Å². The summed E-state index contributed by atoms with van der Waals surface area (Å²) < 4.78 is 21.4. The predicted molar refractivity (Wildman–Crippen MR) is 57.3 cm³/mol. The molecule has 4 nitrogen and oxygen atoms in total. The highest BCUT2D eigenvalue weighted by Gasteiger charge is 2.10. The van der Waals surface area contributed by atoms with E-state index in [0.29, 0.717) is 13.0 Å². The molecule has 0 rings (SSSR count). The van der Waals surface area contributed by atoms with Gasteiger partial charge in [0.2, 0.25) is 5.91 Å². The molecule has 0 aromatic carbocycles. The molecule has 0 aliphatic rings. The molecule has 1 N–H and O–H groups in total. The first kappa shape index (κ1) is 13.7. The van der Waals surface area contributed by atoms with E-state index in [1.165, 1.54) is 0 Å². The van der Waals surface area contributed by atoms with E-state index in [-0.39, 0.29) is 5.38 Å². The van der Waals surface area contributed by atoms with Gasteiger partial charge in [-0.3, -0.25) is 4.79 Å². The minimum atomic E-state index is -3.22. The lowest BCUT2D eigenvalue weighted by Gasteiger charge is -2.07. The Labute approximate surface area is 89.9 Å². The van der Waals surface area contributed by atoms with Gasteiger partial charge >= 0.3 is 0 Å². The van der Waals surface area contributed by atoms with Crippen LogP contribution in [-0.4, -0.2) is 38.3 Å². The average Bonchev–Trinajstić information content (AvgIpc) is 2.00. The van der Waals surface area contributed by atoms with Crippen LogP contribution >= 0.6 is 11.6 Å². The molecule has 0 heterocycles. The second-order valence-corrected chi connectivity index (χ2v) is 5.97. The van der Waals surface area contributed by atoms with Gasteiger partial charge in [0, 0.05) is 18.2 Å². The summed E-state index contributed by atoms with van der Waals surface area (Å²) in [4.78, 5) is 11.0. The molecule has 0 aromatic rings. The smallest absolute Gasteiger partial charge is 0.235 e. The van der Waals surface area contributed by atoms with E-state index in [1.807, 2.05) is 6.92 Å². The lowest BCUT2D eigenvalue weighted by Crippen LogP contribution is -2.31. The fourth-order valence-electron chi connectivity index (χ4n) is 0.861. The molecule has 0 saturated heterocycles. The minimum Gasteiger partial charge on any atom is -0.355 e. The summed E-state index contributed by atoms with van der Waals surface area (Å²) in [5.74, 6) is -0.918. The summed E-state index contributed by atoms with van der Waals surface area (Å²) in [5.41, 5.74) is 0. The van der Waals surface area contributed by atoms with Gasteiger partial charge in [-0.1, -0.05) is 6.92 Å². The zero-order valence-electron chi connectivity index (χ0n) is 8.42. The number of alkyl halides is 1. The van der Waals surface area contributed by atoms with E-state index in [0.717, 1.165) is 12.7 Å². The molecule has 84 valence electrons. The topological polar surface area (TPSA) is 63.2 Å². The zero-order chi connectivity index (χ0) is 11.2. The zero-order valence-corrected chi connectivity index (χ0v) is 9.99. The molecule has 0 spiro atoms. The summed E-state index contributed by atoms with van der Waals surface area (Å²) in [5, 5.41) is 2.54. The molecule has 14 heavy (non-hydrogen) atoms. The maximum atomic E-state index is 11.0. The van der Waals surface area contributed by atoms with Crippen LogP contribution in [0.4, 0.5) is 0 Å². The van der Waals surface area contributed by atoms with E-state index in [4.69, 9.17) is 11.6 Å². The van der Waals surface area contributed by atoms with Crippen LogP contribution in [0.1, 0.15) is 19.8 Å². The van der Waals surface area contributed by atoms with Crippen LogP contribution < -0.4 is 5.32 Å². The van der Waals surface area contributed by atoms with Gasteiger partial charge < -0.3 is 5.32 Å². The monoisotopic (exact) mass is 241 g/mol. The van der Waals surface area contributed by atoms with Gasteiger partial charge in [0.25, 0.3) is 0 Å². The fraction of sp³-hybridized carbons (Fsp3) is 0.875. The highest BCUT2D eigenvalue weighted by atomic mass is 35.5. The van der Waals surface area contributed by atoms with Gasteiger partial charge in [-0.15, -0.1) is 11.6 Å². The van der Waals surface area contributed by atoms with Crippen LogP contribution in [0, 0.1) is 0 Å². The molecule has 1 unspecified atom stereocenters. The van der Waals surface area contributed by atoms with E-state index < -0.39 is 21.5 Å². The van der Waals surface area contributed by atoms with Crippen LogP contribution in [0.15, 0.2) is 0 Å². The summed E-state index contributed by atoms with van der Waals surface area (Å²) in [6.07, 6.45) is 2.53. The highest BCUT2D eigenvalue weighted by molar-refractivity contribution is 7.91. The summed E-state index contributed by atoms with van der Waals surface area (Å²) in [6, 6.07) is 0. The molecule has 1 atom stereocenters. The van der Waals surface area contributed by atoms with Crippen molar-refractivity contribution in [1.29, 1.82) is 0 Å². The van der Waals surface area contributed by atoms with Gasteiger partial charge in [-0.25, -0.2) is 8.42 Å². The molecular weight excluding hydrogens is 226 g/mol. The third kappa shape index (κ3) is 8.31. The third-order valence-corrected chi connectivity index (χ3v) is 2.93. The summed E-state index contributed by atoms with van der Waals surface area (Å²) in [7, 11) is -3.22. The molecule has 0 saturated carbocycles. The van der Waals surface area contributed by atoms with Gasteiger partial charge in [-0.2, -0.15) is 0 Å². The molecule has 0 fully saturated rings. The van der Waals surface area contributed by atoms with Crippen LogP contribution in [-0.2, 0) is 14.6 Å². The Morgan fingerprint density at radius 1 is 1.50 bits per heavy atom. The fourth-order valence-corrected chi connectivity index (χ4v) is 1.55. The van der Waals surface area contributed by atoms with Crippen LogP contribution in [0.5, 0.6) is 0 Å². The molecule has 0 aromatic heterocycles. The normalized spacial score (nSPS) is 13.6. The van der Waals surface area contributed by atoms with E-state index >= 15 is 0 Å². The molecule has 0 aliphatic carbocycles. The average molecular weight is 242 g/mol. The highest BCUT2D eigenvalue weighted by Crippen LogP contribution is 2.04. The van der Waals surface area contributed by atoms with Crippen LogP contribution in [0.25, 0.3) is 0 Å². The standard InChI is InChI=1S/C8H16ClNO3S/c1-3-7(9)4-5-10-8(11)6-14(2,12)13/h7H,3-6H2,1-2H3,(H,10,11). The largest absolute Gasteiger partial charge is 0.355 e. The Kier molecular flexibility index (Phi) is 6.11. The second kappa shape index (κ2) is 6.24. The molecule has 1 amide bonds. The number of halogens is 1. The second-order valence-electron chi connectivity index (χ2n) is 3.21. The Morgan fingerprint density at radius 3 is 2.50 bits per heavy atom.